The lowest BCUT2D eigenvalue weighted by atomic mass is 10.1. The van der Waals surface area contributed by atoms with Gasteiger partial charge in [0.05, 0.1) is 0 Å². The maximum absolute atomic E-state index is 11.8. The average Bonchev–Trinajstić information content (AvgIpc) is 2.45. The normalized spacial score (nSPS) is 11.8. The topological polar surface area (TPSA) is 51.2 Å². The molecule has 0 aliphatic heterocycles. The molecule has 22 heavy (non-hydrogen) atoms. The second-order valence-electron chi connectivity index (χ2n) is 5.57. The van der Waals surface area contributed by atoms with Crippen molar-refractivity contribution in [3.05, 3.63) is 65.0 Å². The van der Waals surface area contributed by atoms with Crippen molar-refractivity contribution >= 4 is 6.09 Å². The number of aryl methyl sites for hydroxylation is 2. The largest absolute Gasteiger partial charge is 0.445 e. The van der Waals surface area contributed by atoms with Gasteiger partial charge >= 0.3 is 6.09 Å². The molecule has 1 unspecified atom stereocenters. The summed E-state index contributed by atoms with van der Waals surface area (Å²) < 4.78 is 5.27. The molecular formula is C18H22N2O2. The molecule has 1 N–H and O–H groups in total. The highest BCUT2D eigenvalue weighted by Crippen LogP contribution is 2.07. The van der Waals surface area contributed by atoms with Crippen LogP contribution in [0.4, 0.5) is 4.79 Å². The van der Waals surface area contributed by atoms with Crippen molar-refractivity contribution < 1.29 is 9.53 Å². The minimum absolute atomic E-state index is 0.0239. The lowest BCUT2D eigenvalue weighted by Gasteiger charge is -2.14. The highest BCUT2D eigenvalue weighted by molar-refractivity contribution is 5.67. The van der Waals surface area contributed by atoms with E-state index < -0.39 is 6.09 Å². The van der Waals surface area contributed by atoms with Crippen LogP contribution in [0.3, 0.4) is 0 Å². The fourth-order valence-corrected chi connectivity index (χ4v) is 2.41. The van der Waals surface area contributed by atoms with Gasteiger partial charge < -0.3 is 10.1 Å². The van der Waals surface area contributed by atoms with Crippen molar-refractivity contribution in [2.75, 3.05) is 0 Å². The Labute approximate surface area is 131 Å². The number of alkyl carbamates (subject to hydrolysis) is 1. The van der Waals surface area contributed by atoms with E-state index in [4.69, 9.17) is 4.74 Å². The predicted molar refractivity (Wildman–Crippen MR) is 86.6 cm³/mol. The number of benzene rings is 1. The Balaban J connectivity index is 1.80. The van der Waals surface area contributed by atoms with Gasteiger partial charge in [0.1, 0.15) is 6.61 Å². The number of amides is 1. The van der Waals surface area contributed by atoms with Gasteiger partial charge in [0.25, 0.3) is 0 Å². The summed E-state index contributed by atoms with van der Waals surface area (Å²) in [4.78, 5) is 16.1. The number of rotatable bonds is 5. The number of hydrogen-bond acceptors (Lipinski definition) is 3. The van der Waals surface area contributed by atoms with Crippen LogP contribution in [-0.4, -0.2) is 17.1 Å². The number of aromatic nitrogens is 1. The second kappa shape index (κ2) is 7.59. The molecule has 0 radical (unpaired) electrons. The Morgan fingerprint density at radius 1 is 1.14 bits per heavy atom. The van der Waals surface area contributed by atoms with Crippen LogP contribution < -0.4 is 5.32 Å². The number of nitrogens with one attached hydrogen (secondary N) is 1. The van der Waals surface area contributed by atoms with Crippen LogP contribution in [0.15, 0.2) is 42.5 Å². The number of carbonyl (C=O) groups is 1. The molecule has 1 aromatic heterocycles. The number of pyridine rings is 1. The van der Waals surface area contributed by atoms with E-state index in [1.807, 2.05) is 63.2 Å². The number of hydrogen-bond donors (Lipinski definition) is 1. The molecule has 1 atom stereocenters. The maximum atomic E-state index is 11.8. The van der Waals surface area contributed by atoms with Gasteiger partial charge in [-0.15, -0.1) is 0 Å². The molecule has 4 heteroatoms. The minimum atomic E-state index is -0.393. The summed E-state index contributed by atoms with van der Waals surface area (Å²) in [5, 5.41) is 2.85. The average molecular weight is 298 g/mol. The lowest BCUT2D eigenvalue weighted by molar-refractivity contribution is 0.136. The Morgan fingerprint density at radius 2 is 1.77 bits per heavy atom. The predicted octanol–water partition coefficient (Wildman–Crippen LogP) is 3.56. The first kappa shape index (κ1) is 16.0. The van der Waals surface area contributed by atoms with E-state index in [1.165, 1.54) is 5.56 Å². The fraction of sp³-hybridized carbons (Fsp3) is 0.333. The van der Waals surface area contributed by atoms with E-state index in [1.54, 1.807) is 0 Å². The first-order valence-electron chi connectivity index (χ1n) is 7.44. The molecule has 0 saturated heterocycles. The molecule has 1 heterocycles. The second-order valence-corrected chi connectivity index (χ2v) is 5.57. The van der Waals surface area contributed by atoms with Crippen LogP contribution in [-0.2, 0) is 17.8 Å². The number of ether oxygens (including phenoxy) is 1. The highest BCUT2D eigenvalue weighted by Gasteiger charge is 2.09. The Kier molecular flexibility index (Phi) is 5.53. The van der Waals surface area contributed by atoms with Gasteiger partial charge in [-0.3, -0.25) is 4.98 Å². The van der Waals surface area contributed by atoms with E-state index in [9.17, 15) is 4.79 Å². The van der Waals surface area contributed by atoms with Crippen LogP contribution in [0.2, 0.25) is 0 Å². The van der Waals surface area contributed by atoms with Gasteiger partial charge in [-0.2, -0.15) is 0 Å². The minimum Gasteiger partial charge on any atom is -0.445 e. The molecular weight excluding hydrogens is 276 g/mol. The van der Waals surface area contributed by atoms with E-state index in [0.29, 0.717) is 0 Å². The Bertz CT molecular complexity index is 606. The fourth-order valence-electron chi connectivity index (χ4n) is 2.41. The monoisotopic (exact) mass is 298 g/mol. The molecule has 4 nitrogen and oxygen atoms in total. The summed E-state index contributed by atoms with van der Waals surface area (Å²) in [6.07, 6.45) is 0.388. The molecule has 1 amide bonds. The highest BCUT2D eigenvalue weighted by atomic mass is 16.5. The van der Waals surface area contributed by atoms with Gasteiger partial charge in [-0.25, -0.2) is 4.79 Å². The van der Waals surface area contributed by atoms with Crippen molar-refractivity contribution in [3.8, 4) is 0 Å². The third-order valence-electron chi connectivity index (χ3n) is 3.26. The van der Waals surface area contributed by atoms with Crippen molar-refractivity contribution in [2.45, 2.75) is 39.8 Å². The first-order valence-corrected chi connectivity index (χ1v) is 7.44. The van der Waals surface area contributed by atoms with Crippen molar-refractivity contribution in [3.63, 3.8) is 0 Å². The first-order chi connectivity index (χ1) is 10.5. The SMILES string of the molecule is Cc1cc(COC(=O)NC(C)Cc2ccccc2)cc(C)n1. The van der Waals surface area contributed by atoms with E-state index in [0.717, 1.165) is 23.4 Å². The van der Waals surface area contributed by atoms with Crippen LogP contribution >= 0.6 is 0 Å². The maximum Gasteiger partial charge on any atom is 0.407 e. The van der Waals surface area contributed by atoms with Gasteiger partial charge in [-0.1, -0.05) is 30.3 Å². The summed E-state index contributed by atoms with van der Waals surface area (Å²) >= 11 is 0. The molecule has 0 saturated carbocycles. The Hall–Kier alpha value is -2.36. The molecule has 0 aliphatic carbocycles. The third kappa shape index (κ3) is 5.20. The standard InChI is InChI=1S/C18H22N2O2/c1-13-10-17(11-14(2)19-13)12-22-18(21)20-15(3)9-16-7-5-4-6-8-16/h4-8,10-11,15H,9,12H2,1-3H3,(H,20,21). The smallest absolute Gasteiger partial charge is 0.407 e. The molecule has 1 aromatic carbocycles. The molecule has 2 aromatic rings. The number of nitrogens with zero attached hydrogens (tertiary/aromatic N) is 1. The molecule has 2 rings (SSSR count). The zero-order valence-electron chi connectivity index (χ0n) is 13.3. The van der Waals surface area contributed by atoms with Crippen molar-refractivity contribution in [1.29, 1.82) is 0 Å². The Morgan fingerprint density at radius 3 is 2.41 bits per heavy atom. The van der Waals surface area contributed by atoms with E-state index in [2.05, 4.69) is 10.3 Å². The van der Waals surface area contributed by atoms with Crippen LogP contribution in [0.1, 0.15) is 29.4 Å². The summed E-state index contributed by atoms with van der Waals surface area (Å²) in [6, 6.07) is 13.9. The third-order valence-corrected chi connectivity index (χ3v) is 3.26. The molecule has 0 bridgehead atoms. The van der Waals surface area contributed by atoms with Crippen molar-refractivity contribution in [2.24, 2.45) is 0 Å². The number of carbonyl (C=O) groups excluding carboxylic acids is 1. The molecule has 116 valence electrons. The van der Waals surface area contributed by atoms with Crippen molar-refractivity contribution in [1.82, 2.24) is 10.3 Å². The summed E-state index contributed by atoms with van der Waals surface area (Å²) in [5.74, 6) is 0. The molecule has 0 fully saturated rings. The van der Waals surface area contributed by atoms with Gasteiger partial charge in [0.15, 0.2) is 0 Å². The van der Waals surface area contributed by atoms with E-state index in [-0.39, 0.29) is 12.6 Å². The zero-order chi connectivity index (χ0) is 15.9. The van der Waals surface area contributed by atoms with Crippen LogP contribution in [0.25, 0.3) is 0 Å². The summed E-state index contributed by atoms with van der Waals surface area (Å²) in [7, 11) is 0. The van der Waals surface area contributed by atoms with Gasteiger partial charge in [0, 0.05) is 17.4 Å². The summed E-state index contributed by atoms with van der Waals surface area (Å²) in [5.41, 5.74) is 4.00. The lowest BCUT2D eigenvalue weighted by Crippen LogP contribution is -2.34. The van der Waals surface area contributed by atoms with Gasteiger partial charge in [-0.05, 0) is 50.5 Å². The zero-order valence-corrected chi connectivity index (χ0v) is 13.3. The van der Waals surface area contributed by atoms with Crippen LogP contribution in [0.5, 0.6) is 0 Å². The quantitative estimate of drug-likeness (QED) is 0.918. The summed E-state index contributed by atoms with van der Waals surface area (Å²) in [6.45, 7) is 6.08. The van der Waals surface area contributed by atoms with E-state index >= 15 is 0 Å². The van der Waals surface area contributed by atoms with Crippen LogP contribution in [0, 0.1) is 13.8 Å². The van der Waals surface area contributed by atoms with Gasteiger partial charge in [0.2, 0.25) is 0 Å². The molecule has 0 spiro atoms. The molecule has 0 aliphatic rings.